The van der Waals surface area contributed by atoms with E-state index in [1.165, 1.54) is 0 Å². The number of benzene rings is 1. The smallest absolute Gasteiger partial charge is 0.118 e. The van der Waals surface area contributed by atoms with Crippen LogP contribution in [0.4, 0.5) is 0 Å². The number of rotatable bonds is 6. The Balaban J connectivity index is 1.88. The van der Waals surface area contributed by atoms with E-state index in [1.807, 2.05) is 30.5 Å². The third-order valence-corrected chi connectivity index (χ3v) is 3.54. The van der Waals surface area contributed by atoms with Crippen molar-refractivity contribution in [2.75, 3.05) is 13.2 Å². The minimum Gasteiger partial charge on any atom is -0.493 e. The van der Waals surface area contributed by atoms with Gasteiger partial charge in [0.05, 0.1) is 6.61 Å². The second-order valence-corrected chi connectivity index (χ2v) is 5.36. The second kappa shape index (κ2) is 7.41. The Kier molecular flexibility index (Phi) is 5.57. The molecular weight excluding hydrogens is 293 g/mol. The zero-order valence-electron chi connectivity index (χ0n) is 11.2. The maximum absolute atomic E-state index is 6.18. The first kappa shape index (κ1) is 15.0. The predicted molar refractivity (Wildman–Crippen MR) is 84.9 cm³/mol. The lowest BCUT2D eigenvalue weighted by atomic mass is 10.2. The van der Waals surface area contributed by atoms with Gasteiger partial charge in [-0.15, -0.1) is 6.58 Å². The highest BCUT2D eigenvalue weighted by Gasteiger charge is 2.08. The van der Waals surface area contributed by atoms with Crippen LogP contribution in [0.1, 0.15) is 12.0 Å². The van der Waals surface area contributed by atoms with E-state index >= 15 is 0 Å². The van der Waals surface area contributed by atoms with Crippen molar-refractivity contribution in [1.29, 1.82) is 0 Å². The lowest BCUT2D eigenvalue weighted by molar-refractivity contribution is 0.223. The first-order valence-corrected chi connectivity index (χ1v) is 7.24. The molecule has 0 aliphatic carbocycles. The van der Waals surface area contributed by atoms with Crippen molar-refractivity contribution in [3.05, 3.63) is 70.6 Å². The number of hydrogen-bond donors (Lipinski definition) is 0. The van der Waals surface area contributed by atoms with Gasteiger partial charge in [0.1, 0.15) is 5.76 Å². The molecule has 0 bridgehead atoms. The van der Waals surface area contributed by atoms with Gasteiger partial charge >= 0.3 is 0 Å². The van der Waals surface area contributed by atoms with Crippen molar-refractivity contribution in [3.8, 4) is 0 Å². The molecule has 0 unspecified atom stereocenters. The third-order valence-electron chi connectivity index (χ3n) is 2.96. The minimum atomic E-state index is 0.658. The molecule has 0 fully saturated rings. The van der Waals surface area contributed by atoms with Crippen molar-refractivity contribution < 1.29 is 4.74 Å². The SMILES string of the molecule is C=CCCOC1=CCN(Cc2ccc(Cl)cc2Cl)C=C1. The molecule has 0 radical (unpaired) electrons. The quantitative estimate of drug-likeness (QED) is 0.553. The summed E-state index contributed by atoms with van der Waals surface area (Å²) in [7, 11) is 0. The molecule has 1 aliphatic rings. The topological polar surface area (TPSA) is 12.5 Å². The van der Waals surface area contributed by atoms with Gasteiger partial charge in [-0.05, 0) is 36.3 Å². The van der Waals surface area contributed by atoms with E-state index < -0.39 is 0 Å². The van der Waals surface area contributed by atoms with E-state index in [-0.39, 0.29) is 0 Å². The zero-order valence-corrected chi connectivity index (χ0v) is 12.7. The first-order chi connectivity index (χ1) is 9.69. The highest BCUT2D eigenvalue weighted by Crippen LogP contribution is 2.23. The summed E-state index contributed by atoms with van der Waals surface area (Å²) in [6.07, 6.45) is 8.76. The third kappa shape index (κ3) is 4.32. The first-order valence-electron chi connectivity index (χ1n) is 6.49. The van der Waals surface area contributed by atoms with Crippen LogP contribution in [-0.4, -0.2) is 18.1 Å². The molecule has 1 aromatic carbocycles. The second-order valence-electron chi connectivity index (χ2n) is 4.51. The summed E-state index contributed by atoms with van der Waals surface area (Å²) in [6, 6.07) is 5.58. The zero-order chi connectivity index (χ0) is 14.4. The Labute approximate surface area is 129 Å². The van der Waals surface area contributed by atoms with Crippen LogP contribution in [0.25, 0.3) is 0 Å². The number of nitrogens with zero attached hydrogens (tertiary/aromatic N) is 1. The fourth-order valence-electron chi connectivity index (χ4n) is 1.87. The minimum absolute atomic E-state index is 0.658. The number of ether oxygens (including phenoxy) is 1. The monoisotopic (exact) mass is 309 g/mol. The summed E-state index contributed by atoms with van der Waals surface area (Å²) < 4.78 is 5.59. The Morgan fingerprint density at radius 1 is 1.35 bits per heavy atom. The van der Waals surface area contributed by atoms with Crippen LogP contribution >= 0.6 is 23.2 Å². The molecule has 1 heterocycles. The maximum atomic E-state index is 6.18. The van der Waals surface area contributed by atoms with Crippen LogP contribution in [-0.2, 0) is 11.3 Å². The van der Waals surface area contributed by atoms with Crippen molar-refractivity contribution >= 4 is 23.2 Å². The van der Waals surface area contributed by atoms with Crippen molar-refractivity contribution in [1.82, 2.24) is 4.90 Å². The van der Waals surface area contributed by atoms with Gasteiger partial charge in [0, 0.05) is 29.3 Å². The molecule has 0 saturated heterocycles. The van der Waals surface area contributed by atoms with Crippen LogP contribution < -0.4 is 0 Å². The molecule has 0 saturated carbocycles. The van der Waals surface area contributed by atoms with Gasteiger partial charge in [-0.25, -0.2) is 0 Å². The molecule has 1 aromatic rings. The van der Waals surface area contributed by atoms with Gasteiger partial charge < -0.3 is 9.64 Å². The molecule has 106 valence electrons. The van der Waals surface area contributed by atoms with Gasteiger partial charge in [0.2, 0.25) is 0 Å². The maximum Gasteiger partial charge on any atom is 0.118 e. The molecule has 0 aromatic heterocycles. The largest absolute Gasteiger partial charge is 0.493 e. The van der Waals surface area contributed by atoms with E-state index in [4.69, 9.17) is 27.9 Å². The fourth-order valence-corrected chi connectivity index (χ4v) is 2.34. The summed E-state index contributed by atoms with van der Waals surface area (Å²) >= 11 is 12.1. The molecular formula is C16H17Cl2NO. The van der Waals surface area contributed by atoms with Crippen LogP contribution in [0, 0.1) is 0 Å². The van der Waals surface area contributed by atoms with Crippen LogP contribution in [0.3, 0.4) is 0 Å². The van der Waals surface area contributed by atoms with Crippen molar-refractivity contribution in [2.45, 2.75) is 13.0 Å². The van der Waals surface area contributed by atoms with E-state index in [2.05, 4.69) is 17.6 Å². The lowest BCUT2D eigenvalue weighted by Gasteiger charge is -2.23. The molecule has 20 heavy (non-hydrogen) atoms. The van der Waals surface area contributed by atoms with E-state index in [0.717, 1.165) is 30.8 Å². The summed E-state index contributed by atoms with van der Waals surface area (Å²) in [5.41, 5.74) is 1.06. The highest BCUT2D eigenvalue weighted by atomic mass is 35.5. The van der Waals surface area contributed by atoms with E-state index in [9.17, 15) is 0 Å². The number of hydrogen-bond acceptors (Lipinski definition) is 2. The van der Waals surface area contributed by atoms with Gasteiger partial charge in [0.15, 0.2) is 0 Å². The number of halogens is 2. The van der Waals surface area contributed by atoms with Crippen LogP contribution in [0.15, 0.2) is 55.0 Å². The highest BCUT2D eigenvalue weighted by molar-refractivity contribution is 6.35. The number of allylic oxidation sites excluding steroid dienone is 1. The summed E-state index contributed by atoms with van der Waals surface area (Å²) in [4.78, 5) is 2.16. The van der Waals surface area contributed by atoms with Gasteiger partial charge in [-0.2, -0.15) is 0 Å². The van der Waals surface area contributed by atoms with Crippen LogP contribution in [0.5, 0.6) is 0 Å². The van der Waals surface area contributed by atoms with Gasteiger partial charge in [0.25, 0.3) is 0 Å². The molecule has 1 aliphatic heterocycles. The molecule has 0 amide bonds. The van der Waals surface area contributed by atoms with Gasteiger partial charge in [-0.1, -0.05) is 35.3 Å². The molecule has 0 N–H and O–H groups in total. The average molecular weight is 310 g/mol. The molecule has 0 atom stereocenters. The van der Waals surface area contributed by atoms with Crippen LogP contribution in [0.2, 0.25) is 10.0 Å². The summed E-state index contributed by atoms with van der Waals surface area (Å²) in [5.74, 6) is 0.908. The van der Waals surface area contributed by atoms with Crippen molar-refractivity contribution in [3.63, 3.8) is 0 Å². The normalized spacial score (nSPS) is 14.1. The standard InChI is InChI=1S/C16H17Cl2NO/c1-2-3-10-20-15-6-8-19(9-7-15)12-13-4-5-14(17)11-16(13)18/h2,4-8,11H,1,3,9-10,12H2. The van der Waals surface area contributed by atoms with Crippen molar-refractivity contribution in [2.24, 2.45) is 0 Å². The molecule has 0 spiro atoms. The fraction of sp³-hybridized carbons (Fsp3) is 0.250. The van der Waals surface area contributed by atoms with E-state index in [1.54, 1.807) is 6.07 Å². The molecule has 4 heteroatoms. The Morgan fingerprint density at radius 3 is 2.85 bits per heavy atom. The lowest BCUT2D eigenvalue weighted by Crippen LogP contribution is -2.20. The summed E-state index contributed by atoms with van der Waals surface area (Å²) in [6.45, 7) is 5.90. The van der Waals surface area contributed by atoms with E-state index in [0.29, 0.717) is 16.7 Å². The molecule has 2 nitrogen and oxygen atoms in total. The molecule has 2 rings (SSSR count). The Hall–Kier alpha value is -1.38. The predicted octanol–water partition coefficient (Wildman–Crippen LogP) is 4.80. The van der Waals surface area contributed by atoms with Gasteiger partial charge in [-0.3, -0.25) is 0 Å². The summed E-state index contributed by atoms with van der Waals surface area (Å²) in [5, 5.41) is 1.36. The Morgan fingerprint density at radius 2 is 2.20 bits per heavy atom. The Bertz CT molecular complexity index is 537. The average Bonchev–Trinajstić information content (AvgIpc) is 2.44.